The molecule has 0 spiro atoms. The number of Topliss-reactive ketones (excluding diaryl/α,β-unsaturated/α-hetero) is 1. The molecule has 39 heavy (non-hydrogen) atoms. The Hall–Kier alpha value is -4.51. The van der Waals surface area contributed by atoms with Crippen LogP contribution in [0.25, 0.3) is 22.0 Å². The normalized spacial score (nSPS) is 11.6. The van der Waals surface area contributed by atoms with Crippen molar-refractivity contribution < 1.29 is 26.7 Å². The fourth-order valence-electron chi connectivity index (χ4n) is 4.33. The number of sulfone groups is 1. The predicted molar refractivity (Wildman–Crippen MR) is 140 cm³/mol. The summed E-state index contributed by atoms with van der Waals surface area (Å²) >= 11 is 0. The lowest BCUT2D eigenvalue weighted by atomic mass is 10.1. The molecular formula is C28H22F2N4O4S. The molecule has 0 N–H and O–H groups in total. The number of methoxy groups -OCH3 is 1. The zero-order valence-electron chi connectivity index (χ0n) is 20.7. The Bertz CT molecular complexity index is 1770. The molecule has 2 aromatic carbocycles. The van der Waals surface area contributed by atoms with E-state index in [-0.39, 0.29) is 34.8 Å². The van der Waals surface area contributed by atoms with E-state index in [0.29, 0.717) is 11.8 Å². The van der Waals surface area contributed by atoms with Crippen molar-refractivity contribution in [3.63, 3.8) is 0 Å². The second-order valence-electron chi connectivity index (χ2n) is 8.86. The third-order valence-electron chi connectivity index (χ3n) is 6.08. The quantitative estimate of drug-likeness (QED) is 0.269. The molecule has 0 unspecified atom stereocenters. The number of hydrogen-bond acceptors (Lipinski definition) is 7. The summed E-state index contributed by atoms with van der Waals surface area (Å²) in [5.41, 5.74) is 2.73. The molecule has 5 aromatic rings. The fraction of sp³-hybridized carbons (Fsp3) is 0.143. The molecule has 3 heterocycles. The Balaban J connectivity index is 1.49. The number of aromatic nitrogens is 4. The van der Waals surface area contributed by atoms with Crippen molar-refractivity contribution in [1.29, 1.82) is 0 Å². The minimum absolute atomic E-state index is 0.0569. The highest BCUT2D eigenvalue weighted by Gasteiger charge is 2.27. The van der Waals surface area contributed by atoms with Crippen LogP contribution in [0.4, 0.5) is 8.78 Å². The second-order valence-corrected chi connectivity index (χ2v) is 10.8. The number of ether oxygens (including phenoxy) is 1. The minimum atomic E-state index is -4.26. The summed E-state index contributed by atoms with van der Waals surface area (Å²) in [7, 11) is -2.79. The Kier molecular flexibility index (Phi) is 7.16. The van der Waals surface area contributed by atoms with E-state index in [1.54, 1.807) is 42.7 Å². The molecule has 11 heteroatoms. The Morgan fingerprint density at radius 2 is 1.77 bits per heavy atom. The number of fused-ring (bicyclic) bond motifs is 1. The summed E-state index contributed by atoms with van der Waals surface area (Å²) in [6, 6.07) is 14.2. The van der Waals surface area contributed by atoms with E-state index in [1.165, 1.54) is 24.1 Å². The van der Waals surface area contributed by atoms with Crippen LogP contribution in [0.15, 0.2) is 84.3 Å². The molecule has 5 rings (SSSR count). The van der Waals surface area contributed by atoms with Gasteiger partial charge >= 0.3 is 6.01 Å². The maximum atomic E-state index is 15.0. The number of nitrogens with zero attached hydrogens (tertiary/aromatic N) is 4. The van der Waals surface area contributed by atoms with Crippen LogP contribution in [0.3, 0.4) is 0 Å². The number of hydrogen-bond donors (Lipinski definition) is 0. The number of ketones is 1. The topological polar surface area (TPSA) is 104 Å². The number of halogens is 2. The van der Waals surface area contributed by atoms with Gasteiger partial charge in [-0.2, -0.15) is 0 Å². The standard InChI is InChI=1S/C28H22F2N4O4S/c1-38-28-32-13-20(14-33-28)19-6-4-5-18(9-19)15-34-16-26(27-24(30)10-21(29)11-25(27)34)39(36,37)17-23(35)12-22-7-2-3-8-31-22/h2-11,13-14,16H,12,15,17H2,1H3. The summed E-state index contributed by atoms with van der Waals surface area (Å²) in [4.78, 5) is 24.5. The molecule has 0 aliphatic carbocycles. The van der Waals surface area contributed by atoms with Crippen LogP contribution in [0.1, 0.15) is 11.3 Å². The summed E-state index contributed by atoms with van der Waals surface area (Å²) in [6.07, 6.45) is 5.78. The zero-order chi connectivity index (χ0) is 27.6. The van der Waals surface area contributed by atoms with E-state index >= 15 is 0 Å². The van der Waals surface area contributed by atoms with E-state index in [1.807, 2.05) is 12.1 Å². The van der Waals surface area contributed by atoms with Gasteiger partial charge in [0.25, 0.3) is 0 Å². The second kappa shape index (κ2) is 10.7. The van der Waals surface area contributed by atoms with Crippen molar-refractivity contribution in [3.05, 3.63) is 102 Å². The van der Waals surface area contributed by atoms with Crippen molar-refractivity contribution in [1.82, 2.24) is 19.5 Å². The molecule has 0 saturated carbocycles. The van der Waals surface area contributed by atoms with Crippen molar-refractivity contribution in [2.45, 2.75) is 17.9 Å². The van der Waals surface area contributed by atoms with Gasteiger partial charge in [0.15, 0.2) is 15.6 Å². The molecule has 0 aliphatic rings. The summed E-state index contributed by atoms with van der Waals surface area (Å²) < 4.78 is 62.3. The van der Waals surface area contributed by atoms with Gasteiger partial charge in [0.2, 0.25) is 0 Å². The lowest BCUT2D eigenvalue weighted by molar-refractivity contribution is -0.116. The van der Waals surface area contributed by atoms with Gasteiger partial charge in [-0.05, 0) is 35.4 Å². The molecule has 0 fully saturated rings. The number of pyridine rings is 1. The summed E-state index contributed by atoms with van der Waals surface area (Å²) in [5, 5.41) is -0.262. The lowest BCUT2D eigenvalue weighted by Gasteiger charge is -2.08. The third kappa shape index (κ3) is 5.68. The van der Waals surface area contributed by atoms with Crippen LogP contribution in [0.5, 0.6) is 6.01 Å². The summed E-state index contributed by atoms with van der Waals surface area (Å²) in [5.74, 6) is -3.30. The molecule has 0 saturated heterocycles. The fourth-order valence-corrected chi connectivity index (χ4v) is 5.82. The zero-order valence-corrected chi connectivity index (χ0v) is 21.5. The molecule has 3 aromatic heterocycles. The van der Waals surface area contributed by atoms with Gasteiger partial charge < -0.3 is 9.30 Å². The van der Waals surface area contributed by atoms with E-state index in [0.717, 1.165) is 22.8 Å². The van der Waals surface area contributed by atoms with Gasteiger partial charge in [-0.3, -0.25) is 9.78 Å². The highest BCUT2D eigenvalue weighted by molar-refractivity contribution is 7.92. The number of carbonyl (C=O) groups is 1. The van der Waals surface area contributed by atoms with Gasteiger partial charge in [0, 0.05) is 55.1 Å². The maximum Gasteiger partial charge on any atom is 0.316 e. The van der Waals surface area contributed by atoms with E-state index in [9.17, 15) is 22.0 Å². The molecule has 8 nitrogen and oxygen atoms in total. The highest BCUT2D eigenvalue weighted by Crippen LogP contribution is 2.31. The van der Waals surface area contributed by atoms with Crippen LogP contribution in [-0.4, -0.2) is 46.6 Å². The number of rotatable bonds is 9. The summed E-state index contributed by atoms with van der Waals surface area (Å²) in [6.45, 7) is 0.113. The van der Waals surface area contributed by atoms with Crippen LogP contribution in [-0.2, 0) is 27.6 Å². The minimum Gasteiger partial charge on any atom is -0.467 e. The average molecular weight is 549 g/mol. The molecule has 0 atom stereocenters. The van der Waals surface area contributed by atoms with Crippen LogP contribution in [0, 0.1) is 11.6 Å². The van der Waals surface area contributed by atoms with Crippen molar-refractivity contribution >= 4 is 26.5 Å². The predicted octanol–water partition coefficient (Wildman–Crippen LogP) is 4.41. The first-order valence-corrected chi connectivity index (χ1v) is 13.5. The Morgan fingerprint density at radius 1 is 0.974 bits per heavy atom. The number of benzene rings is 2. The van der Waals surface area contributed by atoms with Gasteiger partial charge in [0.1, 0.15) is 17.4 Å². The monoisotopic (exact) mass is 548 g/mol. The molecule has 0 amide bonds. The van der Waals surface area contributed by atoms with Gasteiger partial charge in [-0.15, -0.1) is 0 Å². The van der Waals surface area contributed by atoms with Crippen molar-refractivity contribution in [3.8, 4) is 17.1 Å². The molecule has 198 valence electrons. The molecule has 0 bridgehead atoms. The van der Waals surface area contributed by atoms with Crippen LogP contribution < -0.4 is 4.74 Å². The van der Waals surface area contributed by atoms with Gasteiger partial charge in [-0.25, -0.2) is 27.2 Å². The molecule has 0 radical (unpaired) electrons. The maximum absolute atomic E-state index is 15.0. The first-order valence-electron chi connectivity index (χ1n) is 11.8. The smallest absolute Gasteiger partial charge is 0.316 e. The highest BCUT2D eigenvalue weighted by atomic mass is 32.2. The molecule has 0 aliphatic heterocycles. The average Bonchev–Trinajstić information content (AvgIpc) is 3.28. The van der Waals surface area contributed by atoms with Crippen LogP contribution in [0.2, 0.25) is 0 Å². The Morgan fingerprint density at radius 3 is 2.49 bits per heavy atom. The third-order valence-corrected chi connectivity index (χ3v) is 7.76. The first-order chi connectivity index (χ1) is 18.7. The van der Waals surface area contributed by atoms with Gasteiger partial charge in [-0.1, -0.05) is 24.3 Å². The van der Waals surface area contributed by atoms with Crippen molar-refractivity contribution in [2.24, 2.45) is 0 Å². The number of carbonyl (C=O) groups excluding carboxylic acids is 1. The van der Waals surface area contributed by atoms with Crippen molar-refractivity contribution in [2.75, 3.05) is 12.9 Å². The molecular weight excluding hydrogens is 526 g/mol. The Labute approximate surface area is 222 Å². The van der Waals surface area contributed by atoms with E-state index in [2.05, 4.69) is 15.0 Å². The SMILES string of the molecule is COc1ncc(-c2cccc(Cn3cc(S(=O)(=O)CC(=O)Cc4ccccn4)c4c(F)cc(F)cc43)c2)cn1. The largest absolute Gasteiger partial charge is 0.467 e. The van der Waals surface area contributed by atoms with E-state index < -0.39 is 33.0 Å². The van der Waals surface area contributed by atoms with Crippen LogP contribution >= 0.6 is 0 Å². The van der Waals surface area contributed by atoms with Gasteiger partial charge in [0.05, 0.1) is 22.9 Å². The lowest BCUT2D eigenvalue weighted by Crippen LogP contribution is -2.18. The van der Waals surface area contributed by atoms with E-state index in [4.69, 9.17) is 4.74 Å². The first kappa shape index (κ1) is 26.1.